The fraction of sp³-hybridized carbons (Fsp3) is 0.615. The third-order valence-corrected chi connectivity index (χ3v) is 7.02. The summed E-state index contributed by atoms with van der Waals surface area (Å²) in [5, 5.41) is 2.81. The van der Waals surface area contributed by atoms with Crippen molar-refractivity contribution in [1.82, 2.24) is 20.2 Å². The second-order valence-electron chi connectivity index (χ2n) is 10.2. The van der Waals surface area contributed by atoms with Crippen LogP contribution in [0.25, 0.3) is 11.0 Å². The molecule has 0 saturated carbocycles. The van der Waals surface area contributed by atoms with Crippen molar-refractivity contribution in [1.29, 1.82) is 0 Å². The number of fused-ring (bicyclic) bond motifs is 1. The Balaban J connectivity index is 1.84. The Bertz CT molecular complexity index is 1100. The van der Waals surface area contributed by atoms with Gasteiger partial charge < -0.3 is 20.9 Å². The zero-order chi connectivity index (χ0) is 26.6. The topological polar surface area (TPSA) is 121 Å². The number of nitrogens with two attached hydrogens (primary N) is 1. The minimum absolute atomic E-state index is 0.0373. The SMILES string of the molecule is CC[C@H]1CCCCN1C(=O)C[C@H](C(=O)N[C@@H](C)c1nc2c(F)cc(F)cc2[nH]1)C(CC(C)C)C(N)=O. The van der Waals surface area contributed by atoms with Gasteiger partial charge in [0.1, 0.15) is 17.2 Å². The fourth-order valence-electron chi connectivity index (χ4n) is 5.12. The molecule has 3 amide bonds. The maximum Gasteiger partial charge on any atom is 0.225 e. The van der Waals surface area contributed by atoms with Gasteiger partial charge in [-0.2, -0.15) is 0 Å². The molecule has 4 N–H and O–H groups in total. The summed E-state index contributed by atoms with van der Waals surface area (Å²) in [4.78, 5) is 48.1. The number of carbonyl (C=O) groups excluding carboxylic acids is 3. The molecule has 0 aliphatic carbocycles. The monoisotopic (exact) mass is 505 g/mol. The smallest absolute Gasteiger partial charge is 0.225 e. The van der Waals surface area contributed by atoms with E-state index in [4.69, 9.17) is 5.73 Å². The van der Waals surface area contributed by atoms with Crippen LogP contribution in [0.4, 0.5) is 8.78 Å². The summed E-state index contributed by atoms with van der Waals surface area (Å²) < 4.78 is 27.7. The summed E-state index contributed by atoms with van der Waals surface area (Å²) in [5.74, 6) is -4.32. The van der Waals surface area contributed by atoms with Crippen molar-refractivity contribution < 1.29 is 23.2 Å². The molecule has 3 rings (SSSR count). The minimum atomic E-state index is -0.960. The molecule has 1 saturated heterocycles. The highest BCUT2D eigenvalue weighted by Crippen LogP contribution is 2.28. The van der Waals surface area contributed by atoms with Gasteiger partial charge in [0.05, 0.1) is 23.4 Å². The first-order valence-corrected chi connectivity index (χ1v) is 12.8. The second kappa shape index (κ2) is 11.8. The van der Waals surface area contributed by atoms with Gasteiger partial charge in [-0.15, -0.1) is 0 Å². The first-order valence-electron chi connectivity index (χ1n) is 12.8. The molecule has 0 spiro atoms. The first-order chi connectivity index (χ1) is 17.0. The highest BCUT2D eigenvalue weighted by Gasteiger charge is 2.37. The normalized spacial score (nSPS) is 18.8. The van der Waals surface area contributed by atoms with E-state index in [9.17, 15) is 23.2 Å². The van der Waals surface area contributed by atoms with Gasteiger partial charge in [-0.1, -0.05) is 20.8 Å². The number of amides is 3. The molecule has 10 heteroatoms. The number of rotatable bonds is 10. The van der Waals surface area contributed by atoms with Crippen LogP contribution in [-0.4, -0.2) is 45.2 Å². The third kappa shape index (κ3) is 6.39. The van der Waals surface area contributed by atoms with Crippen LogP contribution in [0, 0.1) is 29.4 Å². The average Bonchev–Trinajstić information content (AvgIpc) is 3.25. The maximum absolute atomic E-state index is 14.1. The van der Waals surface area contributed by atoms with E-state index in [-0.39, 0.29) is 41.1 Å². The lowest BCUT2D eigenvalue weighted by atomic mass is 9.81. The van der Waals surface area contributed by atoms with Crippen molar-refractivity contribution in [3.8, 4) is 0 Å². The number of benzene rings is 1. The highest BCUT2D eigenvalue weighted by atomic mass is 19.1. The van der Waals surface area contributed by atoms with Crippen LogP contribution < -0.4 is 11.1 Å². The van der Waals surface area contributed by atoms with Crippen LogP contribution in [0.3, 0.4) is 0 Å². The van der Waals surface area contributed by atoms with Gasteiger partial charge in [-0.05, 0) is 51.0 Å². The number of hydrogen-bond donors (Lipinski definition) is 3. The summed E-state index contributed by atoms with van der Waals surface area (Å²) in [6.45, 7) is 8.16. The Kier molecular flexibility index (Phi) is 9.03. The van der Waals surface area contributed by atoms with Gasteiger partial charge >= 0.3 is 0 Å². The van der Waals surface area contributed by atoms with Gasteiger partial charge in [0.25, 0.3) is 0 Å². The van der Waals surface area contributed by atoms with Gasteiger partial charge in [0.2, 0.25) is 17.7 Å². The summed E-state index contributed by atoms with van der Waals surface area (Å²) in [5.41, 5.74) is 5.85. The van der Waals surface area contributed by atoms with Crippen molar-refractivity contribution in [3.05, 3.63) is 29.6 Å². The molecular formula is C26H37F2N5O3. The van der Waals surface area contributed by atoms with E-state index >= 15 is 0 Å². The van der Waals surface area contributed by atoms with Crippen molar-refractivity contribution in [2.45, 2.75) is 78.3 Å². The van der Waals surface area contributed by atoms with E-state index in [0.717, 1.165) is 37.8 Å². The van der Waals surface area contributed by atoms with Crippen LogP contribution in [-0.2, 0) is 14.4 Å². The van der Waals surface area contributed by atoms with Crippen molar-refractivity contribution in [2.75, 3.05) is 6.54 Å². The molecule has 1 aromatic carbocycles. The number of primary amides is 1. The lowest BCUT2D eigenvalue weighted by Crippen LogP contribution is -2.48. The highest BCUT2D eigenvalue weighted by molar-refractivity contribution is 5.91. The molecule has 198 valence electrons. The van der Waals surface area contributed by atoms with E-state index in [1.165, 1.54) is 0 Å². The Labute approximate surface area is 210 Å². The van der Waals surface area contributed by atoms with Gasteiger partial charge in [-0.3, -0.25) is 14.4 Å². The second-order valence-corrected chi connectivity index (χ2v) is 10.2. The molecular weight excluding hydrogens is 468 g/mol. The van der Waals surface area contributed by atoms with Crippen LogP contribution in [0.5, 0.6) is 0 Å². The molecule has 4 atom stereocenters. The molecule has 2 heterocycles. The fourth-order valence-corrected chi connectivity index (χ4v) is 5.12. The Morgan fingerprint density at radius 2 is 1.92 bits per heavy atom. The maximum atomic E-state index is 14.1. The molecule has 1 aromatic heterocycles. The summed E-state index contributed by atoms with van der Waals surface area (Å²) in [6.07, 6.45) is 3.95. The molecule has 0 radical (unpaired) electrons. The van der Waals surface area contributed by atoms with Gasteiger partial charge in [0.15, 0.2) is 5.82 Å². The number of imidazole rings is 1. The van der Waals surface area contributed by atoms with Crippen molar-refractivity contribution >= 4 is 28.8 Å². The predicted octanol–water partition coefficient (Wildman–Crippen LogP) is 3.96. The molecule has 1 unspecified atom stereocenters. The number of aromatic amines is 1. The molecule has 1 aliphatic heterocycles. The molecule has 2 aromatic rings. The standard InChI is InChI=1S/C26H37F2N5O3/c1-5-17-8-6-7-9-33(17)22(34)13-19(18(24(29)35)10-14(2)3)26(36)30-15(4)25-31-21-12-16(27)11-20(28)23(21)32-25/h11-12,14-15,17-19H,5-10,13H2,1-4H3,(H2,29,35)(H,30,36)(H,31,32)/t15-,17-,18?,19-/m0/s1. The summed E-state index contributed by atoms with van der Waals surface area (Å²) in [6, 6.07) is 1.28. The number of piperidine rings is 1. The first kappa shape index (κ1) is 27.5. The van der Waals surface area contributed by atoms with E-state index in [1.807, 2.05) is 25.7 Å². The number of nitrogens with zero attached hydrogens (tertiary/aromatic N) is 2. The lowest BCUT2D eigenvalue weighted by molar-refractivity contribution is -0.142. The van der Waals surface area contributed by atoms with Crippen LogP contribution in [0.15, 0.2) is 12.1 Å². The number of likely N-dealkylation sites (tertiary alicyclic amines) is 1. The lowest BCUT2D eigenvalue weighted by Gasteiger charge is -2.37. The van der Waals surface area contributed by atoms with E-state index < -0.39 is 41.3 Å². The predicted molar refractivity (Wildman–Crippen MR) is 132 cm³/mol. The molecule has 0 bridgehead atoms. The Morgan fingerprint density at radius 3 is 2.56 bits per heavy atom. The van der Waals surface area contributed by atoms with E-state index in [1.54, 1.807) is 6.92 Å². The minimum Gasteiger partial charge on any atom is -0.369 e. The molecule has 8 nitrogen and oxygen atoms in total. The Hall–Kier alpha value is -3.04. The number of aromatic nitrogens is 2. The number of nitrogens with one attached hydrogen (secondary N) is 2. The third-order valence-electron chi connectivity index (χ3n) is 7.02. The molecule has 36 heavy (non-hydrogen) atoms. The van der Waals surface area contributed by atoms with Crippen LogP contribution in [0.1, 0.15) is 78.1 Å². The number of H-pyrrole nitrogens is 1. The Morgan fingerprint density at radius 1 is 1.19 bits per heavy atom. The summed E-state index contributed by atoms with van der Waals surface area (Å²) >= 11 is 0. The van der Waals surface area contributed by atoms with Gasteiger partial charge in [-0.25, -0.2) is 13.8 Å². The van der Waals surface area contributed by atoms with Crippen molar-refractivity contribution in [2.24, 2.45) is 23.5 Å². The van der Waals surface area contributed by atoms with Crippen molar-refractivity contribution in [3.63, 3.8) is 0 Å². The number of hydrogen-bond acceptors (Lipinski definition) is 4. The van der Waals surface area contributed by atoms with Crippen LogP contribution >= 0.6 is 0 Å². The zero-order valence-corrected chi connectivity index (χ0v) is 21.4. The zero-order valence-electron chi connectivity index (χ0n) is 21.4. The number of carbonyl (C=O) groups is 3. The van der Waals surface area contributed by atoms with E-state index in [2.05, 4.69) is 15.3 Å². The average molecular weight is 506 g/mol. The summed E-state index contributed by atoms with van der Waals surface area (Å²) in [7, 11) is 0. The molecule has 1 aliphatic rings. The molecule has 1 fully saturated rings. The van der Waals surface area contributed by atoms with E-state index in [0.29, 0.717) is 13.0 Å². The number of halogens is 2. The van der Waals surface area contributed by atoms with Gasteiger partial charge in [0, 0.05) is 25.1 Å². The quantitative estimate of drug-likeness (QED) is 0.452. The van der Waals surface area contributed by atoms with Crippen LogP contribution in [0.2, 0.25) is 0 Å². The largest absolute Gasteiger partial charge is 0.369 e.